The quantitative estimate of drug-likeness (QED) is 0.460. The Morgan fingerprint density at radius 2 is 1.76 bits per heavy atom. The molecule has 0 aromatic heterocycles. The van der Waals surface area contributed by atoms with Gasteiger partial charge in [-0.1, -0.05) is 47.9 Å². The monoisotopic (exact) mass is 504 g/mol. The van der Waals surface area contributed by atoms with Gasteiger partial charge in [-0.2, -0.15) is 26.3 Å². The summed E-state index contributed by atoms with van der Waals surface area (Å²) in [5, 5.41) is 3.10. The number of amides is 1. The van der Waals surface area contributed by atoms with E-state index in [0.717, 1.165) is 11.6 Å². The van der Waals surface area contributed by atoms with Crippen LogP contribution < -0.4 is 0 Å². The summed E-state index contributed by atoms with van der Waals surface area (Å²) in [6, 6.07) is 8.42. The van der Waals surface area contributed by atoms with Crippen LogP contribution in [0.3, 0.4) is 0 Å². The number of hydrogen-bond donors (Lipinski definition) is 0. The highest BCUT2D eigenvalue weighted by atomic mass is 35.5. The van der Waals surface area contributed by atoms with Crippen LogP contribution in [0.1, 0.15) is 47.9 Å². The molecule has 182 valence electrons. The van der Waals surface area contributed by atoms with Crippen LogP contribution in [-0.4, -0.2) is 35.8 Å². The predicted octanol–water partition coefficient (Wildman–Crippen LogP) is 6.28. The van der Waals surface area contributed by atoms with Crippen molar-refractivity contribution >= 4 is 23.2 Å². The summed E-state index contributed by atoms with van der Waals surface area (Å²) in [6.45, 7) is 2.93. The fourth-order valence-electron chi connectivity index (χ4n) is 4.11. The van der Waals surface area contributed by atoms with Crippen molar-refractivity contribution in [3.05, 3.63) is 69.7 Å². The highest BCUT2D eigenvalue weighted by molar-refractivity contribution is 6.30. The number of oxime groups is 1. The lowest BCUT2D eigenvalue weighted by Gasteiger charge is -2.39. The largest absolute Gasteiger partial charge is 0.435 e. The number of hydrogen-bond acceptors (Lipinski definition) is 3. The third-order valence-corrected chi connectivity index (χ3v) is 6.35. The number of halogens is 7. The molecular weight excluding hydrogens is 486 g/mol. The Morgan fingerprint density at radius 1 is 1.12 bits per heavy atom. The van der Waals surface area contributed by atoms with Gasteiger partial charge in [0.05, 0.1) is 11.3 Å². The van der Waals surface area contributed by atoms with Gasteiger partial charge in [-0.3, -0.25) is 4.79 Å². The number of alkyl halides is 6. The number of nitrogens with zero attached hydrogens (tertiary/aromatic N) is 2. The van der Waals surface area contributed by atoms with E-state index < -0.39 is 40.5 Å². The first-order valence-corrected chi connectivity index (χ1v) is 10.8. The Balaban J connectivity index is 1.57. The Labute approximate surface area is 196 Å². The van der Waals surface area contributed by atoms with Crippen molar-refractivity contribution in [2.24, 2.45) is 5.16 Å². The normalized spacial score (nSPS) is 21.2. The summed E-state index contributed by atoms with van der Waals surface area (Å²) in [7, 11) is 0. The maximum absolute atomic E-state index is 14.2. The summed E-state index contributed by atoms with van der Waals surface area (Å²) in [5.41, 5.74) is -3.94. The van der Waals surface area contributed by atoms with Crippen LogP contribution in [0.25, 0.3) is 0 Å². The zero-order valence-corrected chi connectivity index (χ0v) is 18.6. The fraction of sp³-hybridized carbons (Fsp3) is 0.391. The summed E-state index contributed by atoms with van der Waals surface area (Å²) in [5.74, 6) is 0.191. The lowest BCUT2D eigenvalue weighted by molar-refractivity contribution is -0.276. The van der Waals surface area contributed by atoms with E-state index in [-0.39, 0.29) is 17.5 Å². The van der Waals surface area contributed by atoms with E-state index >= 15 is 0 Å². The van der Waals surface area contributed by atoms with Crippen LogP contribution in [0.15, 0.2) is 47.6 Å². The molecular formula is C23H19ClF6N2O2. The number of rotatable bonds is 4. The van der Waals surface area contributed by atoms with Gasteiger partial charge in [0, 0.05) is 42.4 Å². The van der Waals surface area contributed by atoms with Crippen LogP contribution in [0.2, 0.25) is 5.02 Å². The SMILES string of the molecule is CCC(=O)N1CC(c2ccc(C3=NOC(c4cc(Cl)cc(C(F)(F)F)c4)(C(F)(F)F)C3)cc2)C1. The Kier molecular flexibility index (Phi) is 6.08. The first-order valence-electron chi connectivity index (χ1n) is 10.4. The second kappa shape index (κ2) is 8.48. The fourth-order valence-corrected chi connectivity index (χ4v) is 4.34. The molecule has 1 amide bonds. The van der Waals surface area contributed by atoms with Crippen molar-refractivity contribution in [1.82, 2.24) is 4.90 Å². The third kappa shape index (κ3) is 4.35. The van der Waals surface area contributed by atoms with Gasteiger partial charge in [0.25, 0.3) is 5.60 Å². The van der Waals surface area contributed by atoms with E-state index in [1.165, 1.54) is 0 Å². The van der Waals surface area contributed by atoms with Gasteiger partial charge in [0.15, 0.2) is 0 Å². The van der Waals surface area contributed by atoms with Crippen LogP contribution in [0.4, 0.5) is 26.3 Å². The summed E-state index contributed by atoms with van der Waals surface area (Å²) >= 11 is 5.72. The second-order valence-corrected chi connectivity index (χ2v) is 8.76. The molecule has 2 aliphatic rings. The molecule has 0 radical (unpaired) electrons. The molecule has 1 fully saturated rings. The molecule has 2 aromatic rings. The molecule has 2 aromatic carbocycles. The maximum atomic E-state index is 14.2. The van der Waals surface area contributed by atoms with E-state index in [1.807, 2.05) is 0 Å². The van der Waals surface area contributed by atoms with Crippen molar-refractivity contribution in [3.63, 3.8) is 0 Å². The van der Waals surface area contributed by atoms with Crippen molar-refractivity contribution in [3.8, 4) is 0 Å². The van der Waals surface area contributed by atoms with Crippen LogP contribution in [-0.2, 0) is 21.4 Å². The molecule has 0 saturated carbocycles. The molecule has 1 atom stereocenters. The van der Waals surface area contributed by atoms with Crippen LogP contribution in [0.5, 0.6) is 0 Å². The Hall–Kier alpha value is -2.75. The standard InChI is InChI=1S/C23H19ClF6N2O2/c1-2-20(33)32-11-15(12-32)13-3-5-14(6-4-13)19-10-21(34-31-19,23(28,29)30)16-7-17(22(25,26)27)9-18(24)8-16/h3-9,15H,2,10-12H2,1H3. The first-order chi connectivity index (χ1) is 15.8. The predicted molar refractivity (Wildman–Crippen MR) is 112 cm³/mol. The van der Waals surface area contributed by atoms with E-state index in [9.17, 15) is 31.1 Å². The van der Waals surface area contributed by atoms with Gasteiger partial charge in [0.1, 0.15) is 0 Å². The average Bonchev–Trinajstić information content (AvgIpc) is 3.19. The Morgan fingerprint density at radius 3 is 2.32 bits per heavy atom. The smallest absolute Gasteiger partial charge is 0.374 e. The minimum absolute atomic E-state index is 0.0474. The van der Waals surface area contributed by atoms with Crippen molar-refractivity contribution in [1.29, 1.82) is 0 Å². The average molecular weight is 505 g/mol. The van der Waals surface area contributed by atoms with Gasteiger partial charge in [-0.25, -0.2) is 0 Å². The molecule has 0 aliphatic carbocycles. The maximum Gasteiger partial charge on any atom is 0.435 e. The molecule has 1 unspecified atom stereocenters. The molecule has 2 aliphatic heterocycles. The van der Waals surface area contributed by atoms with Gasteiger partial charge in [-0.15, -0.1) is 0 Å². The molecule has 4 rings (SSSR count). The van der Waals surface area contributed by atoms with E-state index in [2.05, 4.69) is 5.16 Å². The molecule has 0 spiro atoms. The number of benzene rings is 2. The molecule has 0 bridgehead atoms. The molecule has 0 N–H and O–H groups in total. The Bertz CT molecular complexity index is 1120. The van der Waals surface area contributed by atoms with E-state index in [4.69, 9.17) is 16.4 Å². The number of likely N-dealkylation sites (tertiary alicyclic amines) is 1. The molecule has 1 saturated heterocycles. The lowest BCUT2D eigenvalue weighted by Crippen LogP contribution is -2.48. The van der Waals surface area contributed by atoms with Crippen molar-refractivity contribution in [2.45, 2.75) is 43.6 Å². The molecule has 4 nitrogen and oxygen atoms in total. The lowest BCUT2D eigenvalue weighted by atomic mass is 9.85. The van der Waals surface area contributed by atoms with Gasteiger partial charge in [-0.05, 0) is 29.3 Å². The zero-order valence-electron chi connectivity index (χ0n) is 17.8. The number of carbonyl (C=O) groups is 1. The van der Waals surface area contributed by atoms with Gasteiger partial charge in [0.2, 0.25) is 5.91 Å². The van der Waals surface area contributed by atoms with Gasteiger partial charge >= 0.3 is 12.4 Å². The highest BCUT2D eigenvalue weighted by Gasteiger charge is 2.62. The topological polar surface area (TPSA) is 41.9 Å². The molecule has 34 heavy (non-hydrogen) atoms. The molecule has 2 heterocycles. The minimum Gasteiger partial charge on any atom is -0.374 e. The summed E-state index contributed by atoms with van der Waals surface area (Å²) in [4.78, 5) is 18.3. The third-order valence-electron chi connectivity index (χ3n) is 6.13. The zero-order chi connectivity index (χ0) is 24.9. The van der Waals surface area contributed by atoms with Crippen molar-refractivity contribution < 1.29 is 36.0 Å². The van der Waals surface area contributed by atoms with E-state index in [1.54, 1.807) is 36.1 Å². The second-order valence-electron chi connectivity index (χ2n) is 8.33. The minimum atomic E-state index is -5.06. The van der Waals surface area contributed by atoms with Crippen LogP contribution in [0, 0.1) is 0 Å². The summed E-state index contributed by atoms with van der Waals surface area (Å²) < 4.78 is 82.0. The first kappa shape index (κ1) is 24.4. The highest BCUT2D eigenvalue weighted by Crippen LogP contribution is 2.50. The van der Waals surface area contributed by atoms with E-state index in [0.29, 0.717) is 37.2 Å². The number of carbonyl (C=O) groups excluding carboxylic acids is 1. The van der Waals surface area contributed by atoms with Crippen LogP contribution >= 0.6 is 11.6 Å². The van der Waals surface area contributed by atoms with Gasteiger partial charge < -0.3 is 9.74 Å². The molecule has 11 heteroatoms. The summed E-state index contributed by atoms with van der Waals surface area (Å²) in [6.07, 6.45) is -10.3. The van der Waals surface area contributed by atoms with Crippen molar-refractivity contribution in [2.75, 3.05) is 13.1 Å².